The maximum Gasteiger partial charge on any atom is 0.271 e. The maximum atomic E-state index is 10.9. The SMILES string of the molecule is O=[N+]([O-])c1ccc2sc(/C=C/c3cccc4ccccc34)nc2c1. The number of non-ortho nitro benzene ring substituents is 1. The molecule has 0 radical (unpaired) electrons. The minimum atomic E-state index is -0.398. The Kier molecular flexibility index (Phi) is 3.55. The van der Waals surface area contributed by atoms with Crippen molar-refractivity contribution in [2.24, 2.45) is 0 Å². The molecule has 0 atom stereocenters. The Bertz CT molecular complexity index is 1090. The van der Waals surface area contributed by atoms with Crippen LogP contribution >= 0.6 is 11.3 Å². The van der Waals surface area contributed by atoms with Gasteiger partial charge in [-0.05, 0) is 28.5 Å². The average molecular weight is 332 g/mol. The molecule has 1 aromatic heterocycles. The Labute approximate surface area is 141 Å². The molecule has 0 saturated heterocycles. The van der Waals surface area contributed by atoms with Crippen LogP contribution in [-0.4, -0.2) is 9.91 Å². The van der Waals surface area contributed by atoms with Crippen LogP contribution in [0.5, 0.6) is 0 Å². The van der Waals surface area contributed by atoms with Gasteiger partial charge in [-0.3, -0.25) is 10.1 Å². The number of fused-ring (bicyclic) bond motifs is 2. The highest BCUT2D eigenvalue weighted by Crippen LogP contribution is 2.27. The van der Waals surface area contributed by atoms with Gasteiger partial charge in [0.15, 0.2) is 0 Å². The second-order valence-corrected chi connectivity index (χ2v) is 6.43. The van der Waals surface area contributed by atoms with Gasteiger partial charge in [-0.25, -0.2) is 4.98 Å². The van der Waals surface area contributed by atoms with Gasteiger partial charge in [0.2, 0.25) is 0 Å². The van der Waals surface area contributed by atoms with E-state index in [1.54, 1.807) is 6.07 Å². The second-order valence-electron chi connectivity index (χ2n) is 5.36. The normalized spacial score (nSPS) is 11.5. The molecule has 1 heterocycles. The minimum absolute atomic E-state index is 0.0670. The van der Waals surface area contributed by atoms with Crippen LogP contribution < -0.4 is 0 Å². The van der Waals surface area contributed by atoms with Crippen molar-refractivity contribution in [2.75, 3.05) is 0 Å². The van der Waals surface area contributed by atoms with E-state index in [2.05, 4.69) is 29.2 Å². The first-order chi connectivity index (χ1) is 11.7. The Morgan fingerprint density at radius 2 is 1.83 bits per heavy atom. The summed E-state index contributed by atoms with van der Waals surface area (Å²) in [5, 5.41) is 14.1. The lowest BCUT2D eigenvalue weighted by molar-refractivity contribution is -0.384. The summed E-state index contributed by atoms with van der Waals surface area (Å²) in [6.45, 7) is 0. The van der Waals surface area contributed by atoms with Crippen molar-refractivity contribution in [1.29, 1.82) is 0 Å². The standard InChI is InChI=1S/C19H12N2O2S/c22-21(23)15-9-10-18-17(12-15)20-19(24-18)11-8-14-6-3-5-13-4-1-2-7-16(13)14/h1-12H/b11-8+. The van der Waals surface area contributed by atoms with E-state index in [0.29, 0.717) is 5.52 Å². The first-order valence-electron chi connectivity index (χ1n) is 7.41. The van der Waals surface area contributed by atoms with Gasteiger partial charge in [0.1, 0.15) is 5.01 Å². The Balaban J connectivity index is 1.72. The number of nitro groups is 1. The van der Waals surface area contributed by atoms with Crippen LogP contribution in [0, 0.1) is 10.1 Å². The topological polar surface area (TPSA) is 56.0 Å². The van der Waals surface area contributed by atoms with Crippen LogP contribution in [0.1, 0.15) is 10.6 Å². The Morgan fingerprint density at radius 3 is 2.71 bits per heavy atom. The largest absolute Gasteiger partial charge is 0.271 e. The molecule has 0 saturated carbocycles. The monoisotopic (exact) mass is 332 g/mol. The lowest BCUT2D eigenvalue weighted by Gasteiger charge is -2.00. The molecular weight excluding hydrogens is 320 g/mol. The summed E-state index contributed by atoms with van der Waals surface area (Å²) >= 11 is 1.52. The van der Waals surface area contributed by atoms with Gasteiger partial charge < -0.3 is 0 Å². The molecular formula is C19H12N2O2S. The molecule has 0 N–H and O–H groups in total. The average Bonchev–Trinajstić information content (AvgIpc) is 3.01. The minimum Gasteiger partial charge on any atom is -0.258 e. The highest BCUT2D eigenvalue weighted by molar-refractivity contribution is 7.19. The summed E-state index contributed by atoms with van der Waals surface area (Å²) in [7, 11) is 0. The summed E-state index contributed by atoms with van der Waals surface area (Å²) in [4.78, 5) is 14.9. The molecule has 4 rings (SSSR count). The molecule has 0 spiro atoms. The number of hydrogen-bond donors (Lipinski definition) is 0. The van der Waals surface area contributed by atoms with Crippen LogP contribution in [0.4, 0.5) is 5.69 Å². The van der Waals surface area contributed by atoms with Gasteiger partial charge in [0, 0.05) is 12.1 Å². The van der Waals surface area contributed by atoms with Gasteiger partial charge >= 0.3 is 0 Å². The number of nitrogens with zero attached hydrogens (tertiary/aromatic N) is 2. The molecule has 0 bridgehead atoms. The van der Waals surface area contributed by atoms with Crippen molar-refractivity contribution in [2.45, 2.75) is 0 Å². The van der Waals surface area contributed by atoms with Crippen molar-refractivity contribution in [3.63, 3.8) is 0 Å². The molecule has 0 fully saturated rings. The summed E-state index contributed by atoms with van der Waals surface area (Å²) in [5.74, 6) is 0. The molecule has 5 heteroatoms. The molecule has 0 unspecified atom stereocenters. The van der Waals surface area contributed by atoms with E-state index in [1.807, 2.05) is 30.4 Å². The predicted molar refractivity (Wildman–Crippen MR) is 99.2 cm³/mol. The Hall–Kier alpha value is -3.05. The summed E-state index contributed by atoms with van der Waals surface area (Å²) in [5.41, 5.74) is 1.85. The third kappa shape index (κ3) is 2.66. The third-order valence-electron chi connectivity index (χ3n) is 3.83. The number of benzene rings is 3. The number of hydrogen-bond acceptors (Lipinski definition) is 4. The van der Waals surface area contributed by atoms with Crippen LogP contribution in [0.3, 0.4) is 0 Å². The molecule has 116 valence electrons. The third-order valence-corrected chi connectivity index (χ3v) is 4.83. The van der Waals surface area contributed by atoms with Crippen LogP contribution in [0.25, 0.3) is 33.1 Å². The van der Waals surface area contributed by atoms with Crippen molar-refractivity contribution in [3.8, 4) is 0 Å². The van der Waals surface area contributed by atoms with Gasteiger partial charge in [0.25, 0.3) is 5.69 Å². The van der Waals surface area contributed by atoms with Crippen molar-refractivity contribution in [1.82, 2.24) is 4.98 Å². The number of nitro benzene ring substituents is 1. The molecule has 3 aromatic carbocycles. The highest BCUT2D eigenvalue weighted by atomic mass is 32.1. The first kappa shape index (κ1) is 14.5. The quantitative estimate of drug-likeness (QED) is 0.366. The van der Waals surface area contributed by atoms with Crippen molar-refractivity contribution < 1.29 is 4.92 Å². The number of aromatic nitrogens is 1. The highest BCUT2D eigenvalue weighted by Gasteiger charge is 2.09. The van der Waals surface area contributed by atoms with E-state index in [9.17, 15) is 10.1 Å². The van der Waals surface area contributed by atoms with Crippen molar-refractivity contribution in [3.05, 3.63) is 81.3 Å². The summed E-state index contributed by atoms with van der Waals surface area (Å²) in [6.07, 6.45) is 3.99. The van der Waals surface area contributed by atoms with E-state index >= 15 is 0 Å². The summed E-state index contributed by atoms with van der Waals surface area (Å²) in [6, 6.07) is 19.2. The van der Waals surface area contributed by atoms with Gasteiger partial charge in [-0.15, -0.1) is 11.3 Å². The Morgan fingerprint density at radius 1 is 1.00 bits per heavy atom. The second kappa shape index (κ2) is 5.86. The summed E-state index contributed by atoms with van der Waals surface area (Å²) < 4.78 is 0.943. The lowest BCUT2D eigenvalue weighted by atomic mass is 10.0. The van der Waals surface area contributed by atoms with E-state index in [-0.39, 0.29) is 5.69 Å². The molecule has 24 heavy (non-hydrogen) atoms. The van der Waals surface area contributed by atoms with Gasteiger partial charge in [0.05, 0.1) is 15.1 Å². The van der Waals surface area contributed by atoms with E-state index in [1.165, 1.54) is 34.2 Å². The molecule has 4 nitrogen and oxygen atoms in total. The van der Waals surface area contributed by atoms with Gasteiger partial charge in [-0.1, -0.05) is 48.5 Å². The first-order valence-corrected chi connectivity index (χ1v) is 8.23. The number of thiazole rings is 1. The van der Waals surface area contributed by atoms with E-state index < -0.39 is 4.92 Å². The molecule has 0 aliphatic heterocycles. The number of rotatable bonds is 3. The fraction of sp³-hybridized carbons (Fsp3) is 0. The van der Waals surface area contributed by atoms with Gasteiger partial charge in [-0.2, -0.15) is 0 Å². The maximum absolute atomic E-state index is 10.9. The zero-order valence-electron chi connectivity index (χ0n) is 12.5. The fourth-order valence-electron chi connectivity index (χ4n) is 2.68. The molecule has 0 aliphatic rings. The predicted octanol–water partition coefficient (Wildman–Crippen LogP) is 5.53. The zero-order chi connectivity index (χ0) is 16.5. The molecule has 0 amide bonds. The van der Waals surface area contributed by atoms with Crippen LogP contribution in [0.15, 0.2) is 60.7 Å². The van der Waals surface area contributed by atoms with E-state index in [4.69, 9.17) is 0 Å². The van der Waals surface area contributed by atoms with Crippen molar-refractivity contribution >= 4 is 50.2 Å². The molecule has 0 aliphatic carbocycles. The molecule has 4 aromatic rings. The fourth-order valence-corrected chi connectivity index (χ4v) is 3.53. The van der Waals surface area contributed by atoms with Crippen LogP contribution in [-0.2, 0) is 0 Å². The lowest BCUT2D eigenvalue weighted by Crippen LogP contribution is -1.86. The smallest absolute Gasteiger partial charge is 0.258 e. The van der Waals surface area contributed by atoms with E-state index in [0.717, 1.165) is 15.3 Å². The van der Waals surface area contributed by atoms with Crippen LogP contribution in [0.2, 0.25) is 0 Å². The zero-order valence-corrected chi connectivity index (χ0v) is 13.4.